The molecule has 0 aromatic heterocycles. The summed E-state index contributed by atoms with van der Waals surface area (Å²) in [4.78, 5) is 2.02. The van der Waals surface area contributed by atoms with E-state index in [4.69, 9.17) is 22.3 Å². The second-order valence-electron chi connectivity index (χ2n) is 7.26. The quantitative estimate of drug-likeness (QED) is 0.206. The number of hydrogen-bond donors (Lipinski definition) is 7. The fraction of sp³-hybridized carbons (Fsp3) is 0.333. The van der Waals surface area contributed by atoms with Crippen LogP contribution >= 0.6 is 0 Å². The van der Waals surface area contributed by atoms with Crippen molar-refractivity contribution in [3.05, 3.63) is 71.1 Å². The first kappa shape index (κ1) is 22.0. The number of rotatable bonds is 6. The van der Waals surface area contributed by atoms with Gasteiger partial charge in [-0.1, -0.05) is 26.0 Å². The van der Waals surface area contributed by atoms with Gasteiger partial charge < -0.3 is 37.5 Å². The predicted molar refractivity (Wildman–Crippen MR) is 118 cm³/mol. The van der Waals surface area contributed by atoms with Crippen molar-refractivity contribution in [2.24, 2.45) is 17.4 Å². The maximum absolute atomic E-state index is 10.3. The molecule has 0 aromatic rings. The Labute approximate surface area is 172 Å². The lowest BCUT2D eigenvalue weighted by Gasteiger charge is -2.36. The van der Waals surface area contributed by atoms with Crippen LogP contribution in [0.4, 0.5) is 0 Å². The highest BCUT2D eigenvalue weighted by Crippen LogP contribution is 2.17. The zero-order valence-electron chi connectivity index (χ0n) is 16.9. The van der Waals surface area contributed by atoms with E-state index >= 15 is 0 Å². The Morgan fingerprint density at radius 2 is 2.10 bits per heavy atom. The molecule has 0 radical (unpaired) electrons. The molecule has 0 aliphatic carbocycles. The van der Waals surface area contributed by atoms with E-state index in [2.05, 4.69) is 24.5 Å². The SMILES string of the molecule is CC(C)C1CN(C(=N)/C=C\C(N)=C2\NC=C(/C=C/C(C=N)=C/N)C=C2O)CCN1. The maximum Gasteiger partial charge on any atom is 0.141 e. The van der Waals surface area contributed by atoms with Crippen LogP contribution in [0.25, 0.3) is 0 Å². The molecule has 2 rings (SSSR count). The molecular weight excluding hydrogens is 366 g/mol. The number of dihydropyridines is 1. The highest BCUT2D eigenvalue weighted by molar-refractivity contribution is 5.90. The third kappa shape index (κ3) is 6.11. The van der Waals surface area contributed by atoms with Gasteiger partial charge in [-0.05, 0) is 29.7 Å². The Bertz CT molecular complexity index is 815. The van der Waals surface area contributed by atoms with E-state index in [1.165, 1.54) is 6.20 Å². The molecular formula is C21H31N7O. The van der Waals surface area contributed by atoms with E-state index < -0.39 is 0 Å². The minimum atomic E-state index is -0.00370. The summed E-state index contributed by atoms with van der Waals surface area (Å²) in [6.07, 6.45) is 12.4. The zero-order chi connectivity index (χ0) is 21.4. The maximum atomic E-state index is 10.3. The molecule has 156 valence electrons. The van der Waals surface area contributed by atoms with E-state index in [9.17, 15) is 5.11 Å². The van der Waals surface area contributed by atoms with Crippen LogP contribution in [0.3, 0.4) is 0 Å². The van der Waals surface area contributed by atoms with Crippen molar-refractivity contribution in [1.82, 2.24) is 15.5 Å². The van der Waals surface area contributed by atoms with Crippen molar-refractivity contribution in [3.63, 3.8) is 0 Å². The average molecular weight is 398 g/mol. The Morgan fingerprint density at radius 3 is 2.72 bits per heavy atom. The Morgan fingerprint density at radius 1 is 1.34 bits per heavy atom. The molecule has 2 aliphatic heterocycles. The van der Waals surface area contributed by atoms with E-state index in [1.54, 1.807) is 36.6 Å². The fourth-order valence-electron chi connectivity index (χ4n) is 2.97. The molecule has 1 fully saturated rings. The first-order valence-corrected chi connectivity index (χ1v) is 9.58. The summed E-state index contributed by atoms with van der Waals surface area (Å²) in [5.41, 5.74) is 13.5. The summed E-state index contributed by atoms with van der Waals surface area (Å²) < 4.78 is 0. The summed E-state index contributed by atoms with van der Waals surface area (Å²) in [6, 6.07) is 0.360. The van der Waals surface area contributed by atoms with Gasteiger partial charge >= 0.3 is 0 Å². The number of aliphatic hydroxyl groups is 1. The van der Waals surface area contributed by atoms with Crippen LogP contribution in [0, 0.1) is 16.7 Å². The Balaban J connectivity index is 2.04. The lowest BCUT2D eigenvalue weighted by Crippen LogP contribution is -2.54. The first-order valence-electron chi connectivity index (χ1n) is 9.58. The summed E-state index contributed by atoms with van der Waals surface area (Å²) >= 11 is 0. The molecule has 2 heterocycles. The van der Waals surface area contributed by atoms with Gasteiger partial charge in [0.15, 0.2) is 0 Å². The Hall–Kier alpha value is -3.26. The molecule has 0 amide bonds. The lowest BCUT2D eigenvalue weighted by atomic mass is 10.0. The molecule has 8 heteroatoms. The second kappa shape index (κ2) is 10.3. The fourth-order valence-corrected chi connectivity index (χ4v) is 2.97. The number of allylic oxidation sites excluding steroid dienone is 6. The van der Waals surface area contributed by atoms with Crippen molar-refractivity contribution in [3.8, 4) is 0 Å². The van der Waals surface area contributed by atoms with Gasteiger partial charge in [-0.3, -0.25) is 5.41 Å². The summed E-state index contributed by atoms with van der Waals surface area (Å²) in [5.74, 6) is 0.892. The van der Waals surface area contributed by atoms with Crippen molar-refractivity contribution in [2.45, 2.75) is 19.9 Å². The van der Waals surface area contributed by atoms with E-state index in [1.807, 2.05) is 4.90 Å². The normalized spacial score (nSPS) is 22.5. The van der Waals surface area contributed by atoms with Crippen LogP contribution in [-0.4, -0.2) is 47.7 Å². The van der Waals surface area contributed by atoms with Crippen LogP contribution in [-0.2, 0) is 0 Å². The van der Waals surface area contributed by atoms with Crippen LogP contribution in [0.15, 0.2) is 71.1 Å². The van der Waals surface area contributed by atoms with Gasteiger partial charge in [0.1, 0.15) is 17.3 Å². The number of amidine groups is 1. The lowest BCUT2D eigenvalue weighted by molar-refractivity contribution is 0.249. The van der Waals surface area contributed by atoms with Gasteiger partial charge in [0.05, 0.1) is 5.70 Å². The van der Waals surface area contributed by atoms with Crippen LogP contribution in [0.5, 0.6) is 0 Å². The molecule has 2 aliphatic rings. The summed E-state index contributed by atoms with van der Waals surface area (Å²) in [6.45, 7) is 6.75. The topological polar surface area (TPSA) is 147 Å². The number of nitrogens with zero attached hydrogens (tertiary/aromatic N) is 1. The third-order valence-corrected chi connectivity index (χ3v) is 4.83. The molecule has 1 unspecified atom stereocenters. The molecule has 1 atom stereocenters. The van der Waals surface area contributed by atoms with Crippen LogP contribution in [0.2, 0.25) is 0 Å². The number of nitrogens with two attached hydrogens (primary N) is 2. The third-order valence-electron chi connectivity index (χ3n) is 4.83. The van der Waals surface area contributed by atoms with E-state index in [0.29, 0.717) is 40.3 Å². The Kier molecular flexibility index (Phi) is 7.85. The van der Waals surface area contributed by atoms with Crippen LogP contribution < -0.4 is 22.1 Å². The highest BCUT2D eigenvalue weighted by Gasteiger charge is 2.22. The molecule has 0 spiro atoms. The highest BCUT2D eigenvalue weighted by atomic mass is 16.3. The van der Waals surface area contributed by atoms with Crippen molar-refractivity contribution in [1.29, 1.82) is 10.8 Å². The monoisotopic (exact) mass is 397 g/mol. The smallest absolute Gasteiger partial charge is 0.141 e. The van der Waals surface area contributed by atoms with Crippen molar-refractivity contribution in [2.75, 3.05) is 19.6 Å². The van der Waals surface area contributed by atoms with Gasteiger partial charge in [-0.2, -0.15) is 0 Å². The summed E-state index contributed by atoms with van der Waals surface area (Å²) in [7, 11) is 0. The largest absolute Gasteiger partial charge is 0.506 e. The standard InChI is InChI=1S/C21H31N7O/c1-14(2)18-13-28(8-7-26-18)20(25)6-5-17(24)21-19(29)9-15(12-27-21)3-4-16(10-22)11-23/h3-6,9-12,14,18,22,25-27,29H,7-8,13,23-24H2,1-2H3/b4-3+,6-5-,16-11-,21-17-,22-10?,25-20?. The molecule has 8 nitrogen and oxygen atoms in total. The number of nitrogens with one attached hydrogen (secondary N) is 4. The number of piperazine rings is 1. The van der Waals surface area contributed by atoms with Crippen molar-refractivity contribution >= 4 is 12.1 Å². The summed E-state index contributed by atoms with van der Waals surface area (Å²) in [5, 5.41) is 32.3. The van der Waals surface area contributed by atoms with Crippen molar-refractivity contribution < 1.29 is 5.11 Å². The zero-order valence-corrected chi connectivity index (χ0v) is 16.9. The predicted octanol–water partition coefficient (Wildman–Crippen LogP) is 1.60. The minimum absolute atomic E-state index is 0.00370. The number of hydrogen-bond acceptors (Lipinski definition) is 7. The van der Waals surface area contributed by atoms with Gasteiger partial charge in [0.2, 0.25) is 0 Å². The molecule has 9 N–H and O–H groups in total. The van der Waals surface area contributed by atoms with Gasteiger partial charge in [0, 0.05) is 49.9 Å². The molecule has 0 saturated carbocycles. The van der Waals surface area contributed by atoms with E-state index in [0.717, 1.165) is 25.8 Å². The molecule has 29 heavy (non-hydrogen) atoms. The molecule has 0 aromatic carbocycles. The molecule has 0 bridgehead atoms. The second-order valence-corrected chi connectivity index (χ2v) is 7.26. The van der Waals surface area contributed by atoms with Gasteiger partial charge in [0.25, 0.3) is 0 Å². The van der Waals surface area contributed by atoms with Gasteiger partial charge in [-0.15, -0.1) is 0 Å². The average Bonchev–Trinajstić information content (AvgIpc) is 2.72. The van der Waals surface area contributed by atoms with Gasteiger partial charge in [-0.25, -0.2) is 0 Å². The molecule has 1 saturated heterocycles. The van der Waals surface area contributed by atoms with E-state index in [-0.39, 0.29) is 5.76 Å². The first-order chi connectivity index (χ1) is 13.8. The minimum Gasteiger partial charge on any atom is -0.506 e. The van der Waals surface area contributed by atoms with Crippen LogP contribution in [0.1, 0.15) is 13.8 Å². The number of aliphatic hydroxyl groups excluding tert-OH is 1.